The second kappa shape index (κ2) is 5.51. The summed E-state index contributed by atoms with van der Waals surface area (Å²) in [6.07, 6.45) is 3.74. The molecule has 19 heavy (non-hydrogen) atoms. The highest BCUT2D eigenvalue weighted by molar-refractivity contribution is 5.44. The van der Waals surface area contributed by atoms with Gasteiger partial charge in [0, 0.05) is 11.5 Å². The van der Waals surface area contributed by atoms with Crippen molar-refractivity contribution >= 4 is 0 Å². The van der Waals surface area contributed by atoms with Gasteiger partial charge in [-0.1, -0.05) is 18.6 Å². The van der Waals surface area contributed by atoms with Gasteiger partial charge in [-0.15, -0.1) is 0 Å². The molecule has 3 nitrogen and oxygen atoms in total. The molecule has 0 bridgehead atoms. The van der Waals surface area contributed by atoms with Gasteiger partial charge < -0.3 is 15.8 Å². The van der Waals surface area contributed by atoms with Gasteiger partial charge in [-0.2, -0.15) is 0 Å². The highest BCUT2D eigenvalue weighted by atomic mass is 16.5. The average molecular weight is 262 g/mol. The van der Waals surface area contributed by atoms with E-state index < -0.39 is 0 Å². The smallest absolute Gasteiger partial charge is 0.124 e. The second-order valence-electron chi connectivity index (χ2n) is 5.83. The highest BCUT2D eigenvalue weighted by Crippen LogP contribution is 2.49. The largest absolute Gasteiger partial charge is 0.496 e. The molecule has 0 amide bonds. The lowest BCUT2D eigenvalue weighted by atomic mass is 9.62. The molecule has 1 aliphatic carbocycles. The van der Waals surface area contributed by atoms with Crippen molar-refractivity contribution in [1.82, 2.24) is 5.32 Å². The highest BCUT2D eigenvalue weighted by Gasteiger charge is 2.43. The van der Waals surface area contributed by atoms with Crippen molar-refractivity contribution in [3.05, 3.63) is 28.8 Å². The number of aryl methyl sites for hydroxylation is 2. The second-order valence-corrected chi connectivity index (χ2v) is 5.83. The molecule has 1 atom stereocenters. The van der Waals surface area contributed by atoms with Crippen LogP contribution in [0.1, 0.15) is 42.0 Å². The fraction of sp³-hybridized carbons (Fsp3) is 0.625. The zero-order chi connectivity index (χ0) is 14.0. The average Bonchev–Trinajstić information content (AvgIpc) is 2.33. The third-order valence-electron chi connectivity index (χ3n) is 4.68. The maximum Gasteiger partial charge on any atom is 0.124 e. The van der Waals surface area contributed by atoms with E-state index in [-0.39, 0.29) is 5.41 Å². The lowest BCUT2D eigenvalue weighted by Gasteiger charge is -2.47. The SMILES string of the molecule is CNC(c1cc(C)c(OC)c(C)c1)C1(CN)CCC1. The predicted molar refractivity (Wildman–Crippen MR) is 79.6 cm³/mol. The van der Waals surface area contributed by atoms with Gasteiger partial charge in [0.25, 0.3) is 0 Å². The fourth-order valence-corrected chi connectivity index (χ4v) is 3.54. The maximum atomic E-state index is 6.05. The summed E-state index contributed by atoms with van der Waals surface area (Å²) in [5.41, 5.74) is 10.0. The summed E-state index contributed by atoms with van der Waals surface area (Å²) in [7, 11) is 3.77. The van der Waals surface area contributed by atoms with Gasteiger partial charge >= 0.3 is 0 Å². The van der Waals surface area contributed by atoms with E-state index in [1.54, 1.807) is 7.11 Å². The van der Waals surface area contributed by atoms with Crippen LogP contribution in [-0.2, 0) is 0 Å². The Hall–Kier alpha value is -1.06. The van der Waals surface area contributed by atoms with Crippen LogP contribution in [0.15, 0.2) is 12.1 Å². The molecule has 3 heteroatoms. The van der Waals surface area contributed by atoms with E-state index in [1.807, 2.05) is 7.05 Å². The topological polar surface area (TPSA) is 47.3 Å². The fourth-order valence-electron chi connectivity index (χ4n) is 3.54. The summed E-state index contributed by atoms with van der Waals surface area (Å²) >= 11 is 0. The van der Waals surface area contributed by atoms with E-state index in [0.717, 1.165) is 12.3 Å². The van der Waals surface area contributed by atoms with Crippen molar-refractivity contribution in [2.45, 2.75) is 39.2 Å². The van der Waals surface area contributed by atoms with E-state index in [2.05, 4.69) is 31.3 Å². The number of hydrogen-bond donors (Lipinski definition) is 2. The Morgan fingerprint density at radius 2 is 1.89 bits per heavy atom. The summed E-state index contributed by atoms with van der Waals surface area (Å²) in [5, 5.41) is 3.48. The van der Waals surface area contributed by atoms with Crippen LogP contribution in [0.3, 0.4) is 0 Å². The standard InChI is InChI=1S/C16H26N2O/c1-11-8-13(9-12(2)14(11)19-4)15(18-3)16(10-17)6-5-7-16/h8-9,15,18H,5-7,10,17H2,1-4H3. The Kier molecular flexibility index (Phi) is 4.16. The third kappa shape index (κ3) is 2.37. The molecule has 1 aromatic rings. The quantitative estimate of drug-likeness (QED) is 0.857. The molecule has 1 aromatic carbocycles. The van der Waals surface area contributed by atoms with Crippen LogP contribution in [0.5, 0.6) is 5.75 Å². The van der Waals surface area contributed by atoms with Crippen LogP contribution in [-0.4, -0.2) is 20.7 Å². The monoisotopic (exact) mass is 262 g/mol. The molecule has 0 saturated heterocycles. The van der Waals surface area contributed by atoms with E-state index >= 15 is 0 Å². The van der Waals surface area contributed by atoms with Crippen LogP contribution in [0.25, 0.3) is 0 Å². The summed E-state index contributed by atoms with van der Waals surface area (Å²) < 4.78 is 5.45. The van der Waals surface area contributed by atoms with Crippen molar-refractivity contribution in [3.8, 4) is 5.75 Å². The first kappa shape index (κ1) is 14.4. The summed E-state index contributed by atoms with van der Waals surface area (Å²) in [5.74, 6) is 0.994. The molecule has 3 N–H and O–H groups in total. The van der Waals surface area contributed by atoms with Crippen LogP contribution >= 0.6 is 0 Å². The van der Waals surface area contributed by atoms with Crippen LogP contribution in [0, 0.1) is 19.3 Å². The van der Waals surface area contributed by atoms with Crippen molar-refractivity contribution < 1.29 is 4.74 Å². The molecule has 0 aliphatic heterocycles. The van der Waals surface area contributed by atoms with Gasteiger partial charge in [-0.25, -0.2) is 0 Å². The molecule has 1 unspecified atom stereocenters. The molecule has 0 aromatic heterocycles. The molecule has 0 heterocycles. The molecule has 1 fully saturated rings. The minimum absolute atomic E-state index is 0.238. The molecule has 1 saturated carbocycles. The summed E-state index contributed by atoms with van der Waals surface area (Å²) in [6, 6.07) is 4.82. The van der Waals surface area contributed by atoms with Gasteiger partial charge in [0.1, 0.15) is 5.75 Å². The minimum Gasteiger partial charge on any atom is -0.496 e. The molecule has 0 radical (unpaired) electrons. The summed E-state index contributed by atoms with van der Waals surface area (Å²) in [4.78, 5) is 0. The van der Waals surface area contributed by atoms with E-state index in [9.17, 15) is 0 Å². The van der Waals surface area contributed by atoms with Crippen LogP contribution < -0.4 is 15.8 Å². The molecular weight excluding hydrogens is 236 g/mol. The Morgan fingerprint density at radius 1 is 1.32 bits per heavy atom. The Bertz CT molecular complexity index is 424. The number of benzene rings is 1. The normalized spacial score (nSPS) is 18.8. The number of rotatable bonds is 5. The number of methoxy groups -OCH3 is 1. The van der Waals surface area contributed by atoms with Gasteiger partial charge in [0.2, 0.25) is 0 Å². The van der Waals surface area contributed by atoms with E-state index in [0.29, 0.717) is 6.04 Å². The lowest BCUT2D eigenvalue weighted by molar-refractivity contribution is 0.0879. The number of nitrogens with two attached hydrogens (primary N) is 1. The Labute approximate surface area is 116 Å². The number of nitrogens with one attached hydrogen (secondary N) is 1. The first-order valence-corrected chi connectivity index (χ1v) is 7.10. The number of hydrogen-bond acceptors (Lipinski definition) is 3. The van der Waals surface area contributed by atoms with Crippen LogP contribution in [0.4, 0.5) is 0 Å². The zero-order valence-electron chi connectivity index (χ0n) is 12.5. The first-order chi connectivity index (χ1) is 9.07. The van der Waals surface area contributed by atoms with E-state index in [4.69, 9.17) is 10.5 Å². The molecule has 2 rings (SSSR count). The molecule has 1 aliphatic rings. The maximum absolute atomic E-state index is 6.05. The number of ether oxygens (including phenoxy) is 1. The van der Waals surface area contributed by atoms with Crippen LogP contribution in [0.2, 0.25) is 0 Å². The Balaban J connectivity index is 2.39. The molecule has 106 valence electrons. The zero-order valence-corrected chi connectivity index (χ0v) is 12.5. The van der Waals surface area contributed by atoms with Gasteiger partial charge in [-0.3, -0.25) is 0 Å². The van der Waals surface area contributed by atoms with Crippen molar-refractivity contribution in [3.63, 3.8) is 0 Å². The van der Waals surface area contributed by atoms with Crippen molar-refractivity contribution in [2.75, 3.05) is 20.7 Å². The van der Waals surface area contributed by atoms with Gasteiger partial charge in [0.05, 0.1) is 7.11 Å². The predicted octanol–water partition coefficient (Wildman–Crippen LogP) is 2.70. The molecule has 0 spiro atoms. The van der Waals surface area contributed by atoms with Crippen molar-refractivity contribution in [2.24, 2.45) is 11.1 Å². The third-order valence-corrected chi connectivity index (χ3v) is 4.68. The minimum atomic E-state index is 0.238. The molecular formula is C16H26N2O. The lowest BCUT2D eigenvalue weighted by Crippen LogP contribution is -2.47. The Morgan fingerprint density at radius 3 is 2.21 bits per heavy atom. The van der Waals surface area contributed by atoms with Gasteiger partial charge in [-0.05, 0) is 57.0 Å². The first-order valence-electron chi connectivity index (χ1n) is 7.10. The van der Waals surface area contributed by atoms with E-state index in [1.165, 1.54) is 36.0 Å². The van der Waals surface area contributed by atoms with Gasteiger partial charge in [0.15, 0.2) is 0 Å². The summed E-state index contributed by atoms with van der Waals surface area (Å²) in [6.45, 7) is 4.97. The van der Waals surface area contributed by atoms with Crippen molar-refractivity contribution in [1.29, 1.82) is 0 Å².